The average Bonchev–Trinajstić information content (AvgIpc) is 3.91. The van der Waals surface area contributed by atoms with Crippen LogP contribution in [-0.4, -0.2) is 44.5 Å². The zero-order valence-corrected chi connectivity index (χ0v) is 20.8. The number of epoxide rings is 2. The van der Waals surface area contributed by atoms with Crippen molar-refractivity contribution >= 4 is 11.6 Å². The lowest BCUT2D eigenvalue weighted by atomic mass is 9.76. The van der Waals surface area contributed by atoms with Crippen molar-refractivity contribution in [3.05, 3.63) is 125 Å². The highest BCUT2D eigenvalue weighted by atomic mass is 16.6. The van der Waals surface area contributed by atoms with Gasteiger partial charge in [0.25, 0.3) is 5.91 Å². The molecule has 0 spiro atoms. The summed E-state index contributed by atoms with van der Waals surface area (Å²) in [6.45, 7) is 2.57. The van der Waals surface area contributed by atoms with Crippen molar-refractivity contribution in [2.45, 2.75) is 17.7 Å². The smallest absolute Gasteiger partial charge is 0.260 e. The summed E-state index contributed by atoms with van der Waals surface area (Å²) in [5, 5.41) is 0. The number of fused-ring (bicyclic) bond motifs is 1. The maximum Gasteiger partial charge on any atom is 0.260 e. The molecule has 0 bridgehead atoms. The molecule has 0 saturated carbocycles. The minimum Gasteiger partial charge on any atom is -0.491 e. The van der Waals surface area contributed by atoms with Crippen LogP contribution < -0.4 is 14.4 Å². The summed E-state index contributed by atoms with van der Waals surface area (Å²) in [4.78, 5) is 16.0. The summed E-state index contributed by atoms with van der Waals surface area (Å²) in [6.07, 6.45) is 0.363. The van der Waals surface area contributed by atoms with Crippen molar-refractivity contribution in [1.82, 2.24) is 0 Å². The second-order valence-electron chi connectivity index (χ2n) is 9.81. The van der Waals surface area contributed by atoms with Crippen LogP contribution in [0.3, 0.4) is 0 Å². The number of ether oxygens (including phenoxy) is 4. The van der Waals surface area contributed by atoms with E-state index in [0.717, 1.165) is 47.1 Å². The van der Waals surface area contributed by atoms with Crippen molar-refractivity contribution in [3.63, 3.8) is 0 Å². The fourth-order valence-electron chi connectivity index (χ4n) is 5.29. The molecule has 0 N–H and O–H groups in total. The molecule has 7 rings (SSSR count). The lowest BCUT2D eigenvalue weighted by Crippen LogP contribution is -2.46. The molecule has 38 heavy (non-hydrogen) atoms. The molecule has 2 atom stereocenters. The predicted molar refractivity (Wildman–Crippen MR) is 143 cm³/mol. The molecule has 4 aromatic carbocycles. The number of hydrogen-bond donors (Lipinski definition) is 0. The highest BCUT2D eigenvalue weighted by Gasteiger charge is 2.52. The lowest BCUT2D eigenvalue weighted by molar-refractivity contribution is 0.0986. The van der Waals surface area contributed by atoms with Gasteiger partial charge in [-0.3, -0.25) is 9.69 Å². The van der Waals surface area contributed by atoms with Gasteiger partial charge in [0.1, 0.15) is 42.5 Å². The third-order valence-corrected chi connectivity index (χ3v) is 7.32. The van der Waals surface area contributed by atoms with Crippen LogP contribution >= 0.6 is 0 Å². The molecule has 6 nitrogen and oxygen atoms in total. The Morgan fingerprint density at radius 3 is 1.71 bits per heavy atom. The predicted octanol–water partition coefficient (Wildman–Crippen LogP) is 5.19. The van der Waals surface area contributed by atoms with E-state index in [1.165, 1.54) is 0 Å². The van der Waals surface area contributed by atoms with Crippen LogP contribution in [-0.2, 0) is 15.0 Å². The van der Waals surface area contributed by atoms with Crippen LogP contribution in [0, 0.1) is 0 Å². The summed E-state index contributed by atoms with van der Waals surface area (Å²) in [5.41, 5.74) is 3.50. The minimum absolute atomic E-state index is 0.0378. The fourth-order valence-corrected chi connectivity index (χ4v) is 5.29. The second-order valence-corrected chi connectivity index (χ2v) is 9.81. The van der Waals surface area contributed by atoms with E-state index in [1.54, 1.807) is 0 Å². The van der Waals surface area contributed by atoms with Crippen LogP contribution in [0.2, 0.25) is 0 Å². The highest BCUT2D eigenvalue weighted by molar-refractivity contribution is 6.13. The second kappa shape index (κ2) is 9.31. The first-order chi connectivity index (χ1) is 18.7. The average molecular weight is 506 g/mol. The Labute approximate surface area is 221 Å². The fraction of sp³-hybridized carbons (Fsp3) is 0.219. The Morgan fingerprint density at radius 2 is 1.18 bits per heavy atom. The van der Waals surface area contributed by atoms with E-state index in [4.69, 9.17) is 18.9 Å². The summed E-state index contributed by atoms with van der Waals surface area (Å²) >= 11 is 0. The molecule has 4 aromatic rings. The molecule has 2 saturated heterocycles. The molecule has 3 aliphatic heterocycles. The topological polar surface area (TPSA) is 63.8 Å². The number of para-hydroxylation sites is 1. The molecular formula is C32H27NO5. The summed E-state index contributed by atoms with van der Waals surface area (Å²) in [7, 11) is 0. The van der Waals surface area contributed by atoms with E-state index < -0.39 is 5.54 Å². The SMILES string of the molecule is O=C1c2ccccc2C(c2ccc(OCC3CO3)cc2)(c2ccc(OCC3CO3)cc2)N1c1ccccc1. The molecule has 2 unspecified atom stereocenters. The van der Waals surface area contributed by atoms with E-state index in [9.17, 15) is 4.79 Å². The Bertz CT molecular complexity index is 1380. The number of carbonyl (C=O) groups excluding carboxylic acids is 1. The molecule has 3 heterocycles. The molecule has 1 amide bonds. The van der Waals surface area contributed by atoms with Gasteiger partial charge in [-0.05, 0) is 59.2 Å². The molecule has 0 aromatic heterocycles. The van der Waals surface area contributed by atoms with Gasteiger partial charge in [0.15, 0.2) is 0 Å². The Morgan fingerprint density at radius 1 is 0.684 bits per heavy atom. The molecule has 3 aliphatic rings. The van der Waals surface area contributed by atoms with Crippen LogP contribution in [0.1, 0.15) is 27.0 Å². The van der Waals surface area contributed by atoms with Crippen molar-refractivity contribution in [3.8, 4) is 11.5 Å². The van der Waals surface area contributed by atoms with Gasteiger partial charge in [-0.25, -0.2) is 0 Å². The molecule has 0 aliphatic carbocycles. The number of amides is 1. The first kappa shape index (κ1) is 23.0. The maximum absolute atomic E-state index is 14.1. The van der Waals surface area contributed by atoms with Crippen LogP contribution in [0.15, 0.2) is 103 Å². The van der Waals surface area contributed by atoms with E-state index in [0.29, 0.717) is 18.8 Å². The van der Waals surface area contributed by atoms with Gasteiger partial charge in [0, 0.05) is 11.3 Å². The first-order valence-corrected chi connectivity index (χ1v) is 12.9. The zero-order valence-electron chi connectivity index (χ0n) is 20.8. The largest absolute Gasteiger partial charge is 0.491 e. The van der Waals surface area contributed by atoms with Crippen molar-refractivity contribution in [2.24, 2.45) is 0 Å². The van der Waals surface area contributed by atoms with Gasteiger partial charge >= 0.3 is 0 Å². The molecule has 2 fully saturated rings. The number of rotatable bonds is 9. The lowest BCUT2D eigenvalue weighted by Gasteiger charge is -2.40. The van der Waals surface area contributed by atoms with Crippen LogP contribution in [0.25, 0.3) is 0 Å². The Balaban J connectivity index is 1.38. The van der Waals surface area contributed by atoms with Crippen molar-refractivity contribution < 1.29 is 23.7 Å². The van der Waals surface area contributed by atoms with Crippen LogP contribution in [0.5, 0.6) is 11.5 Å². The number of hydrogen-bond acceptors (Lipinski definition) is 5. The third kappa shape index (κ3) is 4.02. The van der Waals surface area contributed by atoms with E-state index in [-0.39, 0.29) is 18.1 Å². The van der Waals surface area contributed by atoms with Gasteiger partial charge in [-0.15, -0.1) is 0 Å². The van der Waals surface area contributed by atoms with Crippen molar-refractivity contribution in [1.29, 1.82) is 0 Å². The molecule has 6 heteroatoms. The Kier molecular flexibility index (Phi) is 5.64. The molecule has 0 radical (unpaired) electrons. The molecule has 190 valence electrons. The van der Waals surface area contributed by atoms with Gasteiger partial charge in [0.2, 0.25) is 0 Å². The normalized spacial score (nSPS) is 23.2. The summed E-state index contributed by atoms with van der Waals surface area (Å²) < 4.78 is 22.4. The maximum atomic E-state index is 14.1. The van der Waals surface area contributed by atoms with Gasteiger partial charge in [-0.2, -0.15) is 0 Å². The van der Waals surface area contributed by atoms with E-state index in [2.05, 4.69) is 30.3 Å². The summed E-state index contributed by atoms with van der Waals surface area (Å²) in [5.74, 6) is 1.51. The first-order valence-electron chi connectivity index (χ1n) is 12.9. The van der Waals surface area contributed by atoms with Gasteiger partial charge in [-0.1, -0.05) is 60.7 Å². The summed E-state index contributed by atoms with van der Waals surface area (Å²) in [6, 6.07) is 33.9. The Hall–Kier alpha value is -4.13. The number of anilines is 1. The third-order valence-electron chi connectivity index (χ3n) is 7.32. The standard InChI is InChI=1S/C32H27NO5/c34-31-29-8-4-5-9-30(29)32(33(31)24-6-2-1-3-7-24,22-10-14-25(15-11-22)35-18-27-20-37-27)23-12-16-26(17-13-23)36-19-28-21-38-28/h1-17,27-28H,18-21H2. The van der Waals surface area contributed by atoms with Crippen molar-refractivity contribution in [2.75, 3.05) is 31.3 Å². The van der Waals surface area contributed by atoms with Gasteiger partial charge < -0.3 is 18.9 Å². The van der Waals surface area contributed by atoms with Gasteiger partial charge in [0.05, 0.1) is 13.2 Å². The zero-order chi connectivity index (χ0) is 25.5. The molecular weight excluding hydrogens is 478 g/mol. The number of nitrogens with zero attached hydrogens (tertiary/aromatic N) is 1. The minimum atomic E-state index is -0.884. The highest BCUT2D eigenvalue weighted by Crippen LogP contribution is 2.51. The quantitative estimate of drug-likeness (QED) is 0.293. The number of carbonyl (C=O) groups is 1. The number of benzene rings is 4. The monoisotopic (exact) mass is 505 g/mol. The van der Waals surface area contributed by atoms with Crippen LogP contribution in [0.4, 0.5) is 5.69 Å². The van der Waals surface area contributed by atoms with E-state index >= 15 is 0 Å². The van der Waals surface area contributed by atoms with E-state index in [1.807, 2.05) is 77.7 Å².